The molecule has 3 atom stereocenters. The summed E-state index contributed by atoms with van der Waals surface area (Å²) in [6.45, 7) is 2.86. The first-order valence-electron chi connectivity index (χ1n) is 19.9. The van der Waals surface area contributed by atoms with Crippen molar-refractivity contribution in [1.29, 1.82) is 0 Å². The maximum Gasteiger partial charge on any atom is 0.472 e. The first kappa shape index (κ1) is 47.8. The predicted molar refractivity (Wildman–Crippen MR) is 200 cm³/mol. The summed E-state index contributed by atoms with van der Waals surface area (Å²) in [5.74, 6) is -0.413. The monoisotopic (exact) mass is 719 g/mol. The van der Waals surface area contributed by atoms with Gasteiger partial charge in [-0.3, -0.25) is 13.8 Å². The van der Waals surface area contributed by atoms with Crippen molar-refractivity contribution in [2.45, 2.75) is 193 Å². The van der Waals surface area contributed by atoms with E-state index >= 15 is 0 Å². The Labute approximate surface area is 300 Å². The first-order chi connectivity index (χ1) is 23.8. The highest BCUT2D eigenvalue weighted by Gasteiger charge is 2.26. The normalized spacial score (nSPS) is 14.4. The van der Waals surface area contributed by atoms with Crippen molar-refractivity contribution in [2.75, 3.05) is 26.4 Å². The van der Waals surface area contributed by atoms with Crippen LogP contribution in [0.4, 0.5) is 0 Å². The van der Waals surface area contributed by atoms with Crippen LogP contribution < -0.4 is 0 Å². The summed E-state index contributed by atoms with van der Waals surface area (Å²) in [6.07, 6.45) is 36.5. The molecule has 1 unspecified atom stereocenters. The molecule has 0 saturated heterocycles. The topological polar surface area (TPSA) is 132 Å². The van der Waals surface area contributed by atoms with Gasteiger partial charge in [0.2, 0.25) is 0 Å². The lowest BCUT2D eigenvalue weighted by atomic mass is 10.0. The Hall–Kier alpha value is -1.22. The van der Waals surface area contributed by atoms with Crippen molar-refractivity contribution in [3.63, 3.8) is 0 Å². The molecule has 0 aliphatic rings. The summed E-state index contributed by atoms with van der Waals surface area (Å²) in [5.41, 5.74) is 0. The molecule has 0 saturated carbocycles. The minimum atomic E-state index is -4.53. The van der Waals surface area contributed by atoms with Crippen LogP contribution in [0.5, 0.6) is 0 Å². The maximum absolute atomic E-state index is 12.5. The van der Waals surface area contributed by atoms with Crippen molar-refractivity contribution in [3.05, 3.63) is 24.5 Å². The molecule has 0 aromatic rings. The van der Waals surface area contributed by atoms with Crippen LogP contribution in [0.15, 0.2) is 24.5 Å². The molecule has 0 heterocycles. The molecule has 0 aromatic heterocycles. The number of aliphatic hydroxyl groups is 2. The van der Waals surface area contributed by atoms with Crippen LogP contribution >= 0.6 is 7.82 Å². The molecule has 0 bridgehead atoms. The van der Waals surface area contributed by atoms with Crippen LogP contribution in [-0.4, -0.2) is 59.7 Å². The number of carbonyl (C=O) groups excluding carboxylic acids is 1. The van der Waals surface area contributed by atoms with E-state index in [0.717, 1.165) is 44.9 Å². The van der Waals surface area contributed by atoms with E-state index in [0.29, 0.717) is 6.42 Å². The average Bonchev–Trinajstić information content (AvgIpc) is 3.09. The van der Waals surface area contributed by atoms with E-state index in [4.69, 9.17) is 23.6 Å². The number of carbonyl (C=O) groups is 1. The maximum atomic E-state index is 12.5. The largest absolute Gasteiger partial charge is 0.498 e. The van der Waals surface area contributed by atoms with Crippen LogP contribution in [-0.2, 0) is 27.9 Å². The fraction of sp³-hybridized carbons (Fsp3) is 0.872. The molecule has 0 aromatic carbocycles. The third-order valence-electron chi connectivity index (χ3n) is 8.45. The standard InChI is InChI=1S/C39H75O9P/c1-3-5-7-9-11-13-15-17-19-21-23-25-27-29-31-39(42)48-38(36-47-49(43,44)46-34-37(41)33-40)35-45-32-30-28-26-24-22-20-18-16-14-12-10-8-6-4-2/h15,17,30,32,37-38,40-41H,3-14,16,18-29,31,33-36H2,1-2H3,(H,43,44)/b17-15-,32-30-/t37-,38+/m0/s1. The van der Waals surface area contributed by atoms with Crippen LogP contribution in [0.3, 0.4) is 0 Å². The second kappa shape index (κ2) is 36.6. The Morgan fingerprint density at radius 1 is 0.612 bits per heavy atom. The SMILES string of the molecule is CCCCCCC/C=C\CCCCCCCC(=O)O[C@H](CO/C=C\CCCCCCCCCCCCCC)COP(=O)(O)OC[C@@H](O)CO. The number of allylic oxidation sites excluding steroid dienone is 3. The Morgan fingerprint density at radius 3 is 1.53 bits per heavy atom. The number of aliphatic hydroxyl groups excluding tert-OH is 2. The van der Waals surface area contributed by atoms with E-state index in [1.165, 1.54) is 109 Å². The molecule has 290 valence electrons. The number of phosphoric ester groups is 1. The van der Waals surface area contributed by atoms with Gasteiger partial charge in [-0.15, -0.1) is 0 Å². The van der Waals surface area contributed by atoms with Gasteiger partial charge in [0.25, 0.3) is 0 Å². The number of unbranched alkanes of at least 4 members (excludes halogenated alkanes) is 22. The molecule has 0 rings (SSSR count). The number of esters is 1. The summed E-state index contributed by atoms with van der Waals surface area (Å²) in [7, 11) is -4.53. The third-order valence-corrected chi connectivity index (χ3v) is 9.40. The number of rotatable bonds is 38. The minimum absolute atomic E-state index is 0.0355. The van der Waals surface area contributed by atoms with Gasteiger partial charge >= 0.3 is 13.8 Å². The Kier molecular flexibility index (Phi) is 35.7. The van der Waals surface area contributed by atoms with E-state index in [-0.39, 0.29) is 13.0 Å². The molecule has 0 aliphatic carbocycles. The number of hydrogen-bond acceptors (Lipinski definition) is 8. The molecule has 0 aliphatic heterocycles. The highest BCUT2D eigenvalue weighted by Crippen LogP contribution is 2.43. The van der Waals surface area contributed by atoms with Gasteiger partial charge in [0.15, 0.2) is 6.10 Å². The molecular weight excluding hydrogens is 643 g/mol. The molecule has 49 heavy (non-hydrogen) atoms. The molecule has 10 heteroatoms. The smallest absolute Gasteiger partial charge is 0.472 e. The van der Waals surface area contributed by atoms with E-state index in [2.05, 4.69) is 26.0 Å². The molecule has 0 spiro atoms. The van der Waals surface area contributed by atoms with Gasteiger partial charge in [-0.1, -0.05) is 142 Å². The van der Waals surface area contributed by atoms with Crippen molar-refractivity contribution >= 4 is 13.8 Å². The molecule has 3 N–H and O–H groups in total. The van der Waals surface area contributed by atoms with E-state index in [1.54, 1.807) is 6.26 Å². The average molecular weight is 719 g/mol. The highest BCUT2D eigenvalue weighted by atomic mass is 31.2. The molecule has 0 fully saturated rings. The molecular formula is C39H75O9P. The zero-order chi connectivity index (χ0) is 36.1. The Balaban J connectivity index is 4.28. The van der Waals surface area contributed by atoms with Crippen molar-refractivity contribution < 1.29 is 43.0 Å². The van der Waals surface area contributed by atoms with Gasteiger partial charge in [-0.05, 0) is 51.0 Å². The van der Waals surface area contributed by atoms with Crippen molar-refractivity contribution in [2.24, 2.45) is 0 Å². The first-order valence-corrected chi connectivity index (χ1v) is 21.4. The van der Waals surface area contributed by atoms with E-state index < -0.39 is 45.8 Å². The van der Waals surface area contributed by atoms with Gasteiger partial charge in [-0.2, -0.15) is 0 Å². The van der Waals surface area contributed by atoms with Gasteiger partial charge < -0.3 is 24.6 Å². The summed E-state index contributed by atoms with van der Waals surface area (Å²) in [4.78, 5) is 22.5. The second-order valence-electron chi connectivity index (χ2n) is 13.4. The van der Waals surface area contributed by atoms with Crippen LogP contribution in [0.25, 0.3) is 0 Å². The minimum Gasteiger partial charge on any atom is -0.498 e. The van der Waals surface area contributed by atoms with Gasteiger partial charge in [-0.25, -0.2) is 4.57 Å². The van der Waals surface area contributed by atoms with Gasteiger partial charge in [0.1, 0.15) is 12.7 Å². The lowest BCUT2D eigenvalue weighted by molar-refractivity contribution is -0.153. The van der Waals surface area contributed by atoms with Crippen LogP contribution in [0.1, 0.15) is 181 Å². The van der Waals surface area contributed by atoms with E-state index in [9.17, 15) is 19.4 Å². The Morgan fingerprint density at radius 2 is 1.04 bits per heavy atom. The quantitative estimate of drug-likeness (QED) is 0.0188. The summed E-state index contributed by atoms with van der Waals surface area (Å²) in [6, 6.07) is 0. The van der Waals surface area contributed by atoms with Crippen LogP contribution in [0, 0.1) is 0 Å². The van der Waals surface area contributed by atoms with Gasteiger partial charge in [0.05, 0.1) is 26.1 Å². The van der Waals surface area contributed by atoms with Crippen LogP contribution in [0.2, 0.25) is 0 Å². The number of phosphoric acid groups is 1. The summed E-state index contributed by atoms with van der Waals surface area (Å²) >= 11 is 0. The zero-order valence-corrected chi connectivity index (χ0v) is 32.3. The predicted octanol–water partition coefficient (Wildman–Crippen LogP) is 10.7. The lowest BCUT2D eigenvalue weighted by Crippen LogP contribution is -2.28. The molecule has 0 radical (unpaired) electrons. The summed E-state index contributed by atoms with van der Waals surface area (Å²) in [5, 5.41) is 18.3. The summed E-state index contributed by atoms with van der Waals surface area (Å²) < 4.78 is 33.0. The highest BCUT2D eigenvalue weighted by molar-refractivity contribution is 7.47. The Bertz CT molecular complexity index is 820. The zero-order valence-electron chi connectivity index (χ0n) is 31.4. The van der Waals surface area contributed by atoms with Crippen molar-refractivity contribution in [1.82, 2.24) is 0 Å². The third kappa shape index (κ3) is 36.4. The molecule has 0 amide bonds. The number of hydrogen-bond donors (Lipinski definition) is 3. The number of ether oxygens (including phenoxy) is 2. The lowest BCUT2D eigenvalue weighted by Gasteiger charge is -2.20. The van der Waals surface area contributed by atoms with Gasteiger partial charge in [0, 0.05) is 6.42 Å². The fourth-order valence-corrected chi connectivity index (χ4v) is 6.16. The van der Waals surface area contributed by atoms with Crippen molar-refractivity contribution in [3.8, 4) is 0 Å². The van der Waals surface area contributed by atoms with E-state index in [1.807, 2.05) is 6.08 Å². The second-order valence-corrected chi connectivity index (χ2v) is 14.8. The molecule has 9 nitrogen and oxygen atoms in total. The fourth-order valence-electron chi connectivity index (χ4n) is 5.37.